The van der Waals surface area contributed by atoms with Gasteiger partial charge in [0.25, 0.3) is 0 Å². The molecule has 0 aliphatic heterocycles. The van der Waals surface area contributed by atoms with Gasteiger partial charge in [-0.3, -0.25) is 0 Å². The summed E-state index contributed by atoms with van der Waals surface area (Å²) in [6, 6.07) is 0. The van der Waals surface area contributed by atoms with Crippen LogP contribution in [0.25, 0.3) is 0 Å². The molecule has 0 aliphatic rings. The van der Waals surface area contributed by atoms with E-state index in [4.69, 9.17) is 4.74 Å². The van der Waals surface area contributed by atoms with Crippen LogP contribution in [0.3, 0.4) is 0 Å². The third kappa shape index (κ3) is 103. The smallest absolute Gasteiger partial charge is 0.0675 e. The molecule has 0 fully saturated rings. The zero-order chi connectivity index (χ0) is 8.62. The highest BCUT2D eigenvalue weighted by Gasteiger charge is 1.88. The molecule has 0 amide bonds. The predicted molar refractivity (Wildman–Crippen MR) is 46.1 cm³/mol. The second-order valence-corrected chi connectivity index (χ2v) is 3.46. The van der Waals surface area contributed by atoms with Crippen molar-refractivity contribution < 1.29 is 9.22 Å². The van der Waals surface area contributed by atoms with E-state index in [-0.39, 0.29) is 0 Å². The molecule has 2 nitrogen and oxygen atoms in total. The number of hydrogen-bond donors (Lipinski definition) is 0. The van der Waals surface area contributed by atoms with E-state index in [1.807, 2.05) is 13.8 Å². The van der Waals surface area contributed by atoms with Crippen LogP contribution < -0.4 is 0 Å². The van der Waals surface area contributed by atoms with Crippen molar-refractivity contribution in [3.05, 3.63) is 0 Å². The van der Waals surface area contributed by atoms with Crippen molar-refractivity contribution in [3.63, 3.8) is 0 Å². The zero-order valence-corrected chi connectivity index (χ0v) is 8.27. The first-order valence-electron chi connectivity index (χ1n) is 3.78. The highest BCUT2D eigenvalue weighted by Crippen LogP contribution is 1.73. The van der Waals surface area contributed by atoms with Gasteiger partial charge in [0.2, 0.25) is 0 Å². The minimum Gasteiger partial charge on any atom is -0.382 e. The lowest BCUT2D eigenvalue weighted by atomic mass is 10.8. The van der Waals surface area contributed by atoms with Crippen LogP contribution in [0.5, 0.6) is 0 Å². The largest absolute Gasteiger partial charge is 0.382 e. The second-order valence-electron chi connectivity index (χ2n) is 3.46. The summed E-state index contributed by atoms with van der Waals surface area (Å²) in [5, 5.41) is 0. The predicted octanol–water partition coefficient (Wildman–Crippen LogP) is 1.37. The maximum absolute atomic E-state index is 4.83. The van der Waals surface area contributed by atoms with Gasteiger partial charge in [0.15, 0.2) is 0 Å². The van der Waals surface area contributed by atoms with Crippen LogP contribution in [-0.2, 0) is 4.74 Å². The molecule has 0 spiro atoms. The number of nitrogens with zero attached hydrogens (tertiary/aromatic N) is 1. The summed E-state index contributed by atoms with van der Waals surface area (Å²) in [7, 11) is 8.50. The Labute approximate surface area is 65.4 Å². The third-order valence-corrected chi connectivity index (χ3v) is 0.408. The van der Waals surface area contributed by atoms with E-state index in [1.165, 1.54) is 0 Å². The Hall–Kier alpha value is -0.0800. The molecule has 10 heavy (non-hydrogen) atoms. The molecule has 0 saturated heterocycles. The quantitative estimate of drug-likeness (QED) is 0.537. The van der Waals surface area contributed by atoms with Gasteiger partial charge in [0.05, 0.1) is 28.2 Å². The van der Waals surface area contributed by atoms with Gasteiger partial charge in [-0.25, -0.2) is 0 Å². The highest BCUT2D eigenvalue weighted by atomic mass is 16.5. The fourth-order valence-corrected chi connectivity index (χ4v) is 0.204. The van der Waals surface area contributed by atoms with E-state index in [2.05, 4.69) is 28.2 Å². The van der Waals surface area contributed by atoms with Gasteiger partial charge in [0, 0.05) is 13.2 Å². The fraction of sp³-hybridized carbons (Fsp3) is 1.00. The molecule has 0 heterocycles. The average molecular weight is 148 g/mol. The van der Waals surface area contributed by atoms with E-state index in [0.717, 1.165) is 17.7 Å². The molecular weight excluding hydrogens is 126 g/mol. The second kappa shape index (κ2) is 7.03. The molecule has 0 aromatic heterocycles. The molecule has 64 valence electrons. The van der Waals surface area contributed by atoms with Crippen molar-refractivity contribution in [3.8, 4) is 0 Å². The van der Waals surface area contributed by atoms with E-state index < -0.39 is 0 Å². The molecule has 0 aromatic carbocycles. The number of rotatable bonds is 2. The molecule has 0 radical (unpaired) electrons. The Kier molecular flexibility index (Phi) is 8.85. The number of quaternary nitrogens is 1. The van der Waals surface area contributed by atoms with Gasteiger partial charge in [-0.2, -0.15) is 0 Å². The molecular formula is C8H22NO+. The van der Waals surface area contributed by atoms with E-state index in [0.29, 0.717) is 0 Å². The molecule has 2 heteroatoms. The van der Waals surface area contributed by atoms with Crippen molar-refractivity contribution in [2.24, 2.45) is 0 Å². The molecule has 0 rings (SSSR count). The summed E-state index contributed by atoms with van der Waals surface area (Å²) < 4.78 is 5.83. The van der Waals surface area contributed by atoms with Crippen LogP contribution >= 0.6 is 0 Å². The number of ether oxygens (including phenoxy) is 1. The molecule has 0 saturated carbocycles. The summed E-state index contributed by atoms with van der Waals surface area (Å²) >= 11 is 0. The lowest BCUT2D eigenvalue weighted by Crippen LogP contribution is -2.27. The van der Waals surface area contributed by atoms with E-state index in [9.17, 15) is 0 Å². The van der Waals surface area contributed by atoms with Gasteiger partial charge in [-0.05, 0) is 13.8 Å². The third-order valence-electron chi connectivity index (χ3n) is 0.408. The van der Waals surface area contributed by atoms with Crippen LogP contribution in [0.2, 0.25) is 0 Å². The van der Waals surface area contributed by atoms with Crippen molar-refractivity contribution >= 4 is 0 Å². The molecule has 0 bridgehead atoms. The highest BCUT2D eigenvalue weighted by molar-refractivity contribution is 4.07. The van der Waals surface area contributed by atoms with Crippen LogP contribution in [0.15, 0.2) is 0 Å². The summed E-state index contributed by atoms with van der Waals surface area (Å²) in [5.74, 6) is 0. The molecule has 0 unspecified atom stereocenters. The molecule has 0 aromatic rings. The van der Waals surface area contributed by atoms with Crippen LogP contribution in [0.4, 0.5) is 0 Å². The molecule has 0 atom stereocenters. The van der Waals surface area contributed by atoms with Gasteiger partial charge in [-0.1, -0.05) is 0 Å². The first-order chi connectivity index (χ1) is 4.41. The monoisotopic (exact) mass is 148 g/mol. The van der Waals surface area contributed by atoms with Gasteiger partial charge < -0.3 is 9.22 Å². The minimum atomic E-state index is 0.844. The van der Waals surface area contributed by atoms with Crippen LogP contribution in [0, 0.1) is 0 Å². The lowest BCUT2D eigenvalue weighted by Gasteiger charge is -2.14. The van der Waals surface area contributed by atoms with Crippen molar-refractivity contribution in [2.75, 3.05) is 41.4 Å². The fourth-order valence-electron chi connectivity index (χ4n) is 0.204. The topological polar surface area (TPSA) is 9.23 Å². The van der Waals surface area contributed by atoms with Crippen molar-refractivity contribution in [2.45, 2.75) is 13.8 Å². The Morgan fingerprint density at radius 3 is 1.10 bits per heavy atom. The molecule has 0 aliphatic carbocycles. The maximum Gasteiger partial charge on any atom is 0.0675 e. The van der Waals surface area contributed by atoms with Crippen molar-refractivity contribution in [1.29, 1.82) is 0 Å². The average Bonchev–Trinajstić information content (AvgIpc) is 1.63. The van der Waals surface area contributed by atoms with E-state index in [1.54, 1.807) is 0 Å². The van der Waals surface area contributed by atoms with Gasteiger partial charge >= 0.3 is 0 Å². The van der Waals surface area contributed by atoms with Crippen LogP contribution in [0.1, 0.15) is 13.8 Å². The van der Waals surface area contributed by atoms with Gasteiger partial charge in [-0.15, -0.1) is 0 Å². The summed E-state index contributed by atoms with van der Waals surface area (Å²) in [6.07, 6.45) is 0. The maximum atomic E-state index is 4.83. The van der Waals surface area contributed by atoms with Gasteiger partial charge in [0.1, 0.15) is 0 Å². The van der Waals surface area contributed by atoms with Crippen LogP contribution in [-0.4, -0.2) is 45.9 Å². The standard InChI is InChI=1S/C4H12N.C4H10O/c1-5(2,3)4;1-3-5-4-2/h1-4H3;3-4H2,1-2H3/q+1;. The Morgan fingerprint density at radius 1 is 0.900 bits per heavy atom. The summed E-state index contributed by atoms with van der Waals surface area (Å²) in [4.78, 5) is 0. The summed E-state index contributed by atoms with van der Waals surface area (Å²) in [6.45, 7) is 5.67. The first kappa shape index (κ1) is 12.6. The SMILES string of the molecule is CCOCC.C[N+](C)(C)C. The first-order valence-corrected chi connectivity index (χ1v) is 3.78. The lowest BCUT2D eigenvalue weighted by molar-refractivity contribution is -0.849. The van der Waals surface area contributed by atoms with E-state index >= 15 is 0 Å². The molecule has 0 N–H and O–H groups in total. The van der Waals surface area contributed by atoms with Crippen molar-refractivity contribution in [1.82, 2.24) is 0 Å². The number of hydrogen-bond acceptors (Lipinski definition) is 1. The Bertz CT molecular complexity index is 48.8. The normalized spacial score (nSPS) is 10.2. The zero-order valence-electron chi connectivity index (χ0n) is 8.27. The summed E-state index contributed by atoms with van der Waals surface area (Å²) in [5.41, 5.74) is 0. The minimum absolute atomic E-state index is 0.844. The Balaban J connectivity index is 0. The Morgan fingerprint density at radius 2 is 1.10 bits per heavy atom.